The molecule has 1 aromatic carbocycles. The van der Waals surface area contributed by atoms with E-state index in [1.54, 1.807) is 6.92 Å². The summed E-state index contributed by atoms with van der Waals surface area (Å²) in [5.74, 6) is 2.37. The molecule has 2 aliphatic rings. The Morgan fingerprint density at radius 2 is 2.00 bits per heavy atom. The molecule has 0 saturated carbocycles. The normalized spacial score (nSPS) is 18.3. The van der Waals surface area contributed by atoms with Gasteiger partial charge in [0.1, 0.15) is 11.3 Å². The van der Waals surface area contributed by atoms with E-state index in [0.29, 0.717) is 28.4 Å². The van der Waals surface area contributed by atoms with Crippen molar-refractivity contribution in [3.05, 3.63) is 27.8 Å². The van der Waals surface area contributed by atoms with Crippen molar-refractivity contribution in [1.29, 1.82) is 0 Å². The van der Waals surface area contributed by atoms with Gasteiger partial charge in [0, 0.05) is 5.56 Å². The molecule has 1 fully saturated rings. The number of H-pyrrole nitrogens is 1. The molecule has 2 N–H and O–H groups in total. The lowest BCUT2D eigenvalue weighted by atomic mass is 9.88. The van der Waals surface area contributed by atoms with Gasteiger partial charge in [-0.15, -0.1) is 0 Å². The zero-order chi connectivity index (χ0) is 14.4. The summed E-state index contributed by atoms with van der Waals surface area (Å²) in [6.07, 6.45) is 2.08. The summed E-state index contributed by atoms with van der Waals surface area (Å²) in [4.78, 5) is 19.4. The van der Waals surface area contributed by atoms with Gasteiger partial charge in [0.05, 0.1) is 5.39 Å². The monoisotopic (exact) mass is 287 g/mol. The first-order chi connectivity index (χ1) is 10.2. The van der Waals surface area contributed by atoms with Crippen LogP contribution < -0.4 is 20.3 Å². The fraction of sp³-hybridized carbons (Fsp3) is 0.467. The molecule has 0 unspecified atom stereocenters. The fourth-order valence-electron chi connectivity index (χ4n) is 3.23. The van der Waals surface area contributed by atoms with Crippen LogP contribution in [0, 0.1) is 6.92 Å². The average molecular weight is 287 g/mol. The lowest BCUT2D eigenvalue weighted by Gasteiger charge is -2.24. The minimum Gasteiger partial charge on any atom is -0.453 e. The molecule has 2 aliphatic heterocycles. The number of aromatic amines is 1. The van der Waals surface area contributed by atoms with E-state index in [9.17, 15) is 4.79 Å². The van der Waals surface area contributed by atoms with E-state index in [4.69, 9.17) is 9.47 Å². The van der Waals surface area contributed by atoms with Crippen molar-refractivity contribution in [2.24, 2.45) is 0 Å². The van der Waals surface area contributed by atoms with Crippen LogP contribution >= 0.6 is 0 Å². The van der Waals surface area contributed by atoms with Crippen LogP contribution in [0.5, 0.6) is 11.5 Å². The van der Waals surface area contributed by atoms with E-state index in [0.717, 1.165) is 37.2 Å². The van der Waals surface area contributed by atoms with Gasteiger partial charge >= 0.3 is 0 Å². The predicted molar refractivity (Wildman–Crippen MR) is 78.1 cm³/mol. The molecule has 2 aromatic rings. The van der Waals surface area contributed by atoms with E-state index in [1.807, 2.05) is 6.07 Å². The topological polar surface area (TPSA) is 76.2 Å². The molecule has 0 atom stereocenters. The molecule has 3 heterocycles. The summed E-state index contributed by atoms with van der Waals surface area (Å²) in [6, 6.07) is 1.93. The summed E-state index contributed by atoms with van der Waals surface area (Å²) in [6.45, 7) is 3.94. The van der Waals surface area contributed by atoms with Crippen LogP contribution in [0.25, 0.3) is 10.9 Å². The van der Waals surface area contributed by atoms with E-state index in [2.05, 4.69) is 15.3 Å². The Morgan fingerprint density at radius 3 is 2.81 bits per heavy atom. The third-order valence-corrected chi connectivity index (χ3v) is 4.24. The van der Waals surface area contributed by atoms with Gasteiger partial charge < -0.3 is 19.8 Å². The second-order valence-electron chi connectivity index (χ2n) is 5.60. The van der Waals surface area contributed by atoms with Crippen molar-refractivity contribution in [3.8, 4) is 11.5 Å². The molecule has 0 bridgehead atoms. The summed E-state index contributed by atoms with van der Waals surface area (Å²) in [5, 5.41) is 3.94. The lowest BCUT2D eigenvalue weighted by Crippen LogP contribution is -2.26. The van der Waals surface area contributed by atoms with E-state index < -0.39 is 0 Å². The highest BCUT2D eigenvalue weighted by Crippen LogP contribution is 2.45. The third-order valence-electron chi connectivity index (χ3n) is 4.24. The molecular formula is C15H17N3O3. The number of nitrogens with zero attached hydrogens (tertiary/aromatic N) is 1. The number of rotatable bonds is 1. The highest BCUT2D eigenvalue weighted by Gasteiger charge is 2.28. The van der Waals surface area contributed by atoms with Crippen molar-refractivity contribution >= 4 is 10.9 Å². The van der Waals surface area contributed by atoms with E-state index in [-0.39, 0.29) is 12.4 Å². The molecule has 1 aromatic heterocycles. The summed E-state index contributed by atoms with van der Waals surface area (Å²) < 4.78 is 11.3. The number of ether oxygens (including phenoxy) is 2. The quantitative estimate of drug-likeness (QED) is 0.829. The number of aromatic nitrogens is 2. The summed E-state index contributed by atoms with van der Waals surface area (Å²) >= 11 is 0. The second kappa shape index (κ2) is 4.73. The van der Waals surface area contributed by atoms with Crippen LogP contribution in [-0.2, 0) is 0 Å². The molecule has 0 amide bonds. The Hall–Kier alpha value is -2.08. The van der Waals surface area contributed by atoms with E-state index >= 15 is 0 Å². The summed E-state index contributed by atoms with van der Waals surface area (Å²) in [5.41, 5.74) is 1.56. The number of aryl methyl sites for hydroxylation is 1. The van der Waals surface area contributed by atoms with E-state index in [1.165, 1.54) is 0 Å². The van der Waals surface area contributed by atoms with Gasteiger partial charge in [0.15, 0.2) is 11.5 Å². The van der Waals surface area contributed by atoms with Gasteiger partial charge in [-0.3, -0.25) is 4.79 Å². The van der Waals surface area contributed by atoms with Gasteiger partial charge in [-0.05, 0) is 44.8 Å². The predicted octanol–water partition coefficient (Wildman–Crippen LogP) is 1.43. The van der Waals surface area contributed by atoms with Crippen LogP contribution in [0.2, 0.25) is 0 Å². The standard InChI is InChI=1S/C15H17N3O3/c1-8-17-12-11(15(19)18-8)6-10(9-2-4-16-5-3-9)13-14(12)21-7-20-13/h6,9,16H,2-5,7H2,1H3,(H,17,18,19). The third kappa shape index (κ3) is 1.98. The molecule has 0 spiro atoms. The molecule has 0 aliphatic carbocycles. The molecule has 21 heavy (non-hydrogen) atoms. The SMILES string of the molecule is Cc1nc2c3c(c(C4CCNCC4)cc2c(=O)[nH]1)OCO3. The van der Waals surface area contributed by atoms with Gasteiger partial charge in [0.25, 0.3) is 5.56 Å². The molecule has 0 radical (unpaired) electrons. The number of benzene rings is 1. The van der Waals surface area contributed by atoms with Gasteiger partial charge in [-0.25, -0.2) is 4.98 Å². The Morgan fingerprint density at radius 1 is 1.24 bits per heavy atom. The largest absolute Gasteiger partial charge is 0.453 e. The maximum Gasteiger partial charge on any atom is 0.258 e. The number of fused-ring (bicyclic) bond motifs is 3. The van der Waals surface area contributed by atoms with Crippen molar-refractivity contribution in [2.45, 2.75) is 25.7 Å². The zero-order valence-corrected chi connectivity index (χ0v) is 11.9. The second-order valence-corrected chi connectivity index (χ2v) is 5.60. The lowest BCUT2D eigenvalue weighted by molar-refractivity contribution is 0.173. The van der Waals surface area contributed by atoms with Crippen molar-refractivity contribution in [1.82, 2.24) is 15.3 Å². The molecule has 4 rings (SSSR count). The molecule has 110 valence electrons. The molecule has 1 saturated heterocycles. The van der Waals surface area contributed by atoms with Gasteiger partial charge in [-0.2, -0.15) is 0 Å². The van der Waals surface area contributed by atoms with Crippen molar-refractivity contribution in [2.75, 3.05) is 19.9 Å². The first kappa shape index (κ1) is 12.6. The smallest absolute Gasteiger partial charge is 0.258 e. The van der Waals surface area contributed by atoms with Crippen LogP contribution in [-0.4, -0.2) is 29.9 Å². The van der Waals surface area contributed by atoms with Crippen molar-refractivity contribution in [3.63, 3.8) is 0 Å². The van der Waals surface area contributed by atoms with Crippen LogP contribution in [0.15, 0.2) is 10.9 Å². The highest BCUT2D eigenvalue weighted by molar-refractivity contribution is 5.88. The van der Waals surface area contributed by atoms with Crippen molar-refractivity contribution < 1.29 is 9.47 Å². The maximum absolute atomic E-state index is 12.2. The molecular weight excluding hydrogens is 270 g/mol. The zero-order valence-electron chi connectivity index (χ0n) is 11.9. The Kier molecular flexibility index (Phi) is 2.85. The molecule has 6 nitrogen and oxygen atoms in total. The number of nitrogens with one attached hydrogen (secondary N) is 2. The number of hydrogen-bond acceptors (Lipinski definition) is 5. The first-order valence-corrected chi connectivity index (χ1v) is 7.28. The number of hydrogen-bond donors (Lipinski definition) is 2. The Balaban J connectivity index is 1.98. The molecule has 6 heteroatoms. The van der Waals surface area contributed by atoms with Gasteiger partial charge in [0.2, 0.25) is 6.79 Å². The Labute approximate surface area is 121 Å². The minimum absolute atomic E-state index is 0.119. The maximum atomic E-state index is 12.2. The Bertz CT molecular complexity index is 763. The average Bonchev–Trinajstić information content (AvgIpc) is 2.97. The fourth-order valence-corrected chi connectivity index (χ4v) is 3.23. The van der Waals surface area contributed by atoms with Crippen LogP contribution in [0.1, 0.15) is 30.1 Å². The number of piperidine rings is 1. The highest BCUT2D eigenvalue weighted by atomic mass is 16.7. The van der Waals surface area contributed by atoms with Crippen LogP contribution in [0.4, 0.5) is 0 Å². The summed E-state index contributed by atoms with van der Waals surface area (Å²) in [7, 11) is 0. The first-order valence-electron chi connectivity index (χ1n) is 7.28. The minimum atomic E-state index is -0.119. The van der Waals surface area contributed by atoms with Crippen LogP contribution in [0.3, 0.4) is 0 Å². The van der Waals surface area contributed by atoms with Gasteiger partial charge in [-0.1, -0.05) is 0 Å².